The molecule has 1 aromatic heterocycles. The minimum atomic E-state index is -1.16. The number of aromatic amines is 1. The molecule has 0 radical (unpaired) electrons. The summed E-state index contributed by atoms with van der Waals surface area (Å²) in [6.07, 6.45) is 1.44. The number of carboxylic acid groups (broad SMARTS) is 2. The largest absolute Gasteiger partial charge is 0.496 e. The quantitative estimate of drug-likeness (QED) is 0.263. The molecule has 32 heavy (non-hydrogen) atoms. The van der Waals surface area contributed by atoms with Crippen LogP contribution in [-0.4, -0.2) is 51.0 Å². The first-order valence-corrected chi connectivity index (χ1v) is 10.8. The van der Waals surface area contributed by atoms with E-state index in [1.807, 2.05) is 0 Å². The lowest BCUT2D eigenvalue weighted by Crippen LogP contribution is -2.09. The van der Waals surface area contributed by atoms with E-state index in [9.17, 15) is 14.7 Å². The average molecular weight is 541 g/mol. The maximum atomic E-state index is 11.8. The second-order valence-electron chi connectivity index (χ2n) is 6.10. The number of nitrogens with zero attached hydrogens (tertiary/aromatic N) is 2. The minimum absolute atomic E-state index is 0.0280. The predicted octanol–water partition coefficient (Wildman–Crippen LogP) is 4.58. The SMILES string of the molecule is COc1ccc(Cl)cc1-c1nc(S/C(=C/c2ccc(OCC(=O)O)c(Br)c2)C(=O)O)n[nH]1. The van der Waals surface area contributed by atoms with Crippen LogP contribution in [-0.2, 0) is 9.59 Å². The number of rotatable bonds is 9. The summed E-state index contributed by atoms with van der Waals surface area (Å²) in [7, 11) is 1.51. The van der Waals surface area contributed by atoms with Crippen LogP contribution in [0.4, 0.5) is 0 Å². The number of ether oxygens (including phenoxy) is 2. The lowest BCUT2D eigenvalue weighted by Gasteiger charge is -2.07. The van der Waals surface area contributed by atoms with Crippen LogP contribution in [0.5, 0.6) is 11.5 Å². The number of nitrogens with one attached hydrogen (secondary N) is 1. The molecule has 0 aliphatic carbocycles. The van der Waals surface area contributed by atoms with Crippen LogP contribution in [0.3, 0.4) is 0 Å². The lowest BCUT2D eigenvalue weighted by molar-refractivity contribution is -0.139. The molecule has 166 valence electrons. The number of carboxylic acids is 2. The van der Waals surface area contributed by atoms with Crippen LogP contribution in [0.2, 0.25) is 5.02 Å². The molecular formula is C20H15BrClN3O6S. The van der Waals surface area contributed by atoms with Crippen LogP contribution in [0.25, 0.3) is 17.5 Å². The molecule has 9 nitrogen and oxygen atoms in total. The minimum Gasteiger partial charge on any atom is -0.496 e. The number of halogens is 2. The van der Waals surface area contributed by atoms with Crippen molar-refractivity contribution < 1.29 is 29.3 Å². The predicted molar refractivity (Wildman–Crippen MR) is 122 cm³/mol. The highest BCUT2D eigenvalue weighted by Gasteiger charge is 2.17. The Kier molecular flexibility index (Phi) is 7.78. The number of carbonyl (C=O) groups is 2. The van der Waals surface area contributed by atoms with E-state index < -0.39 is 18.5 Å². The molecule has 3 rings (SSSR count). The van der Waals surface area contributed by atoms with Gasteiger partial charge in [0.05, 0.1) is 17.1 Å². The number of benzene rings is 2. The van der Waals surface area contributed by atoms with Crippen molar-refractivity contribution in [3.8, 4) is 22.9 Å². The number of aromatic nitrogens is 3. The van der Waals surface area contributed by atoms with Gasteiger partial charge in [-0.3, -0.25) is 5.10 Å². The first-order valence-electron chi connectivity index (χ1n) is 8.80. The molecule has 0 amide bonds. The van der Waals surface area contributed by atoms with E-state index in [1.165, 1.54) is 13.2 Å². The summed E-state index contributed by atoms with van der Waals surface area (Å²) >= 11 is 10.2. The summed E-state index contributed by atoms with van der Waals surface area (Å²) in [6.45, 7) is -0.491. The van der Waals surface area contributed by atoms with E-state index in [4.69, 9.17) is 26.2 Å². The molecule has 0 aliphatic heterocycles. The van der Waals surface area contributed by atoms with E-state index in [1.54, 1.807) is 36.4 Å². The summed E-state index contributed by atoms with van der Waals surface area (Å²) in [4.78, 5) is 26.7. The van der Waals surface area contributed by atoms with Gasteiger partial charge in [0.15, 0.2) is 12.4 Å². The Balaban J connectivity index is 1.83. The van der Waals surface area contributed by atoms with E-state index >= 15 is 0 Å². The van der Waals surface area contributed by atoms with Crippen molar-refractivity contribution in [2.24, 2.45) is 0 Å². The third-order valence-electron chi connectivity index (χ3n) is 3.90. The van der Waals surface area contributed by atoms with E-state index in [0.29, 0.717) is 37.9 Å². The molecule has 0 aliphatic rings. The van der Waals surface area contributed by atoms with Crippen LogP contribution in [0.1, 0.15) is 5.56 Å². The number of H-pyrrole nitrogens is 1. The molecule has 0 fully saturated rings. The third-order valence-corrected chi connectivity index (χ3v) is 5.63. The zero-order valence-electron chi connectivity index (χ0n) is 16.3. The molecular weight excluding hydrogens is 526 g/mol. The van der Waals surface area contributed by atoms with Gasteiger partial charge < -0.3 is 19.7 Å². The van der Waals surface area contributed by atoms with Crippen molar-refractivity contribution in [1.29, 1.82) is 0 Å². The lowest BCUT2D eigenvalue weighted by atomic mass is 10.2. The van der Waals surface area contributed by atoms with E-state index in [0.717, 1.165) is 11.8 Å². The van der Waals surface area contributed by atoms with Crippen molar-refractivity contribution in [2.75, 3.05) is 13.7 Å². The number of thioether (sulfide) groups is 1. The fraction of sp³-hybridized carbons (Fsp3) is 0.100. The molecule has 0 bridgehead atoms. The Morgan fingerprint density at radius 2 is 1.97 bits per heavy atom. The van der Waals surface area contributed by atoms with Crippen LogP contribution in [0.15, 0.2) is 50.9 Å². The molecule has 0 unspecified atom stereocenters. The molecule has 0 atom stereocenters. The molecule has 1 heterocycles. The zero-order valence-corrected chi connectivity index (χ0v) is 19.5. The van der Waals surface area contributed by atoms with Crippen LogP contribution in [0, 0.1) is 0 Å². The Hall–Kier alpha value is -3.02. The third kappa shape index (κ3) is 6.02. The van der Waals surface area contributed by atoms with Crippen molar-refractivity contribution in [3.63, 3.8) is 0 Å². The van der Waals surface area contributed by atoms with Gasteiger partial charge in [0.1, 0.15) is 16.4 Å². The van der Waals surface area contributed by atoms with Gasteiger partial charge in [-0.15, -0.1) is 5.10 Å². The maximum Gasteiger partial charge on any atom is 0.342 e. The summed E-state index contributed by atoms with van der Waals surface area (Å²) in [5.41, 5.74) is 1.14. The van der Waals surface area contributed by atoms with Gasteiger partial charge in [-0.2, -0.15) is 0 Å². The van der Waals surface area contributed by atoms with Gasteiger partial charge >= 0.3 is 11.9 Å². The Morgan fingerprint density at radius 1 is 1.22 bits per heavy atom. The van der Waals surface area contributed by atoms with Gasteiger partial charge in [-0.1, -0.05) is 17.7 Å². The highest BCUT2D eigenvalue weighted by Crippen LogP contribution is 2.33. The first kappa shape index (κ1) is 23.6. The zero-order chi connectivity index (χ0) is 23.3. The fourth-order valence-electron chi connectivity index (χ4n) is 2.53. The Morgan fingerprint density at radius 3 is 2.62 bits per heavy atom. The van der Waals surface area contributed by atoms with Crippen molar-refractivity contribution in [2.45, 2.75) is 5.16 Å². The topological polar surface area (TPSA) is 135 Å². The molecule has 0 saturated carbocycles. The van der Waals surface area contributed by atoms with Gasteiger partial charge in [-0.05, 0) is 69.7 Å². The van der Waals surface area contributed by atoms with Crippen LogP contribution >= 0.6 is 39.3 Å². The second-order valence-corrected chi connectivity index (χ2v) is 8.40. The van der Waals surface area contributed by atoms with Crippen LogP contribution < -0.4 is 9.47 Å². The fourth-order valence-corrected chi connectivity index (χ4v) is 3.92. The monoisotopic (exact) mass is 539 g/mol. The molecule has 3 N–H and O–H groups in total. The number of methoxy groups -OCH3 is 1. The molecule has 2 aromatic carbocycles. The molecule has 12 heteroatoms. The molecule has 0 saturated heterocycles. The summed E-state index contributed by atoms with van der Waals surface area (Å²) in [5.74, 6) is -1.04. The maximum absolute atomic E-state index is 11.8. The number of hydrogen-bond donors (Lipinski definition) is 3. The average Bonchev–Trinajstić information content (AvgIpc) is 3.21. The number of aliphatic carboxylic acids is 2. The van der Waals surface area contributed by atoms with Crippen molar-refractivity contribution in [3.05, 3.63) is 56.4 Å². The molecule has 0 spiro atoms. The van der Waals surface area contributed by atoms with Gasteiger partial charge in [0, 0.05) is 5.02 Å². The highest BCUT2D eigenvalue weighted by atomic mass is 79.9. The molecule has 3 aromatic rings. The Labute approximate surface area is 199 Å². The number of hydrogen-bond acceptors (Lipinski definition) is 7. The van der Waals surface area contributed by atoms with Gasteiger partial charge in [-0.25, -0.2) is 14.6 Å². The summed E-state index contributed by atoms with van der Waals surface area (Å²) in [6, 6.07) is 9.79. The summed E-state index contributed by atoms with van der Waals surface area (Å²) in [5, 5.41) is 25.8. The van der Waals surface area contributed by atoms with Gasteiger partial charge in [0.2, 0.25) is 5.16 Å². The highest BCUT2D eigenvalue weighted by molar-refractivity contribution is 9.10. The standard InChI is InChI=1S/C20H15BrClN3O6S/c1-30-14-5-3-11(22)8-12(14)18-23-20(25-24-18)32-16(19(28)29)7-10-2-4-15(13(21)6-10)31-9-17(26)27/h2-8H,9H2,1H3,(H,26,27)(H,28,29)(H,23,24,25)/b16-7+. The normalized spacial score (nSPS) is 11.3. The van der Waals surface area contributed by atoms with Gasteiger partial charge in [0.25, 0.3) is 0 Å². The van der Waals surface area contributed by atoms with E-state index in [-0.39, 0.29) is 10.1 Å². The van der Waals surface area contributed by atoms with E-state index in [2.05, 4.69) is 31.1 Å². The second kappa shape index (κ2) is 10.5. The summed E-state index contributed by atoms with van der Waals surface area (Å²) < 4.78 is 10.9. The van der Waals surface area contributed by atoms with Crippen molar-refractivity contribution in [1.82, 2.24) is 15.2 Å². The Bertz CT molecular complexity index is 1200. The van der Waals surface area contributed by atoms with Crippen molar-refractivity contribution >= 4 is 57.3 Å². The first-order chi connectivity index (χ1) is 15.3. The smallest absolute Gasteiger partial charge is 0.342 e.